The van der Waals surface area contributed by atoms with Crippen LogP contribution in [0.5, 0.6) is 5.75 Å². The van der Waals surface area contributed by atoms with Gasteiger partial charge in [-0.25, -0.2) is 4.99 Å². The quantitative estimate of drug-likeness (QED) is 0.640. The number of nitrogens with one attached hydrogen (secondary N) is 1. The second-order valence-corrected chi connectivity index (χ2v) is 8.27. The summed E-state index contributed by atoms with van der Waals surface area (Å²) in [6.45, 7) is 0. The van der Waals surface area contributed by atoms with Crippen LogP contribution in [0.25, 0.3) is 0 Å². The molecule has 8 heteroatoms. The maximum atomic E-state index is 12.5. The molecule has 1 unspecified atom stereocenters. The van der Waals surface area contributed by atoms with Gasteiger partial charge in [0.05, 0.1) is 12.8 Å². The van der Waals surface area contributed by atoms with Crippen LogP contribution in [0, 0.1) is 3.57 Å². The first-order valence-electron chi connectivity index (χ1n) is 8.18. The fourth-order valence-electron chi connectivity index (χ4n) is 2.50. The van der Waals surface area contributed by atoms with E-state index in [0.717, 1.165) is 9.26 Å². The fourth-order valence-corrected chi connectivity index (χ4v) is 4.02. The summed E-state index contributed by atoms with van der Waals surface area (Å²) in [5.41, 5.74) is 1.41. The molecule has 140 valence electrons. The topological polar surface area (TPSA) is 71.0 Å². The molecule has 1 atom stereocenters. The normalized spacial score (nSPS) is 18.0. The lowest BCUT2D eigenvalue weighted by molar-refractivity contribution is -0.127. The number of rotatable bonds is 5. The van der Waals surface area contributed by atoms with Crippen molar-refractivity contribution < 1.29 is 14.3 Å². The highest BCUT2D eigenvalue weighted by molar-refractivity contribution is 14.1. The Morgan fingerprint density at radius 3 is 2.74 bits per heavy atom. The predicted molar refractivity (Wildman–Crippen MR) is 117 cm³/mol. The number of hydrogen-bond acceptors (Lipinski definition) is 5. The number of carbonyl (C=O) groups excluding carboxylic acids is 2. The number of ether oxygens (including phenoxy) is 1. The van der Waals surface area contributed by atoms with E-state index in [1.165, 1.54) is 16.7 Å². The summed E-state index contributed by atoms with van der Waals surface area (Å²) < 4.78 is 6.28. The molecule has 3 rings (SSSR count). The summed E-state index contributed by atoms with van der Waals surface area (Å²) in [6.07, 6.45) is 0.0942. The van der Waals surface area contributed by atoms with Crippen LogP contribution in [0.2, 0.25) is 0 Å². The molecule has 0 saturated carbocycles. The van der Waals surface area contributed by atoms with Crippen LogP contribution in [0.1, 0.15) is 6.42 Å². The Hall–Kier alpha value is -2.07. The standard InChI is InChI=1S/C19H18IN3O3S/c1-23-18(25)16(11-17(24)21-13-8-6-12(20)7-9-13)27-19(23)22-14-4-3-5-15(10-14)26-2/h3-10,16H,11H2,1-2H3,(H,21,24). The molecule has 1 aliphatic rings. The van der Waals surface area contributed by atoms with E-state index in [1.54, 1.807) is 20.2 Å². The van der Waals surface area contributed by atoms with Gasteiger partial charge in [0, 0.05) is 28.8 Å². The molecule has 0 spiro atoms. The Bertz CT molecular complexity index is 886. The van der Waals surface area contributed by atoms with Crippen LogP contribution in [-0.4, -0.2) is 41.3 Å². The number of anilines is 1. The molecular formula is C19H18IN3O3S. The van der Waals surface area contributed by atoms with Gasteiger partial charge in [0.15, 0.2) is 5.17 Å². The third-order valence-corrected chi connectivity index (χ3v) is 5.87. The number of amidine groups is 1. The molecule has 0 aromatic heterocycles. The molecule has 2 aromatic carbocycles. The minimum atomic E-state index is -0.483. The molecule has 1 N–H and O–H groups in total. The summed E-state index contributed by atoms with van der Waals surface area (Å²) in [6, 6.07) is 14.8. The fraction of sp³-hybridized carbons (Fsp3) is 0.211. The lowest BCUT2D eigenvalue weighted by Gasteiger charge is -2.09. The van der Waals surface area contributed by atoms with E-state index in [0.29, 0.717) is 16.6 Å². The third kappa shape index (κ3) is 5.01. The van der Waals surface area contributed by atoms with Crippen molar-refractivity contribution in [1.29, 1.82) is 0 Å². The van der Waals surface area contributed by atoms with E-state index in [4.69, 9.17) is 4.74 Å². The molecule has 1 heterocycles. The molecule has 1 aliphatic heterocycles. The highest BCUT2D eigenvalue weighted by Gasteiger charge is 2.37. The van der Waals surface area contributed by atoms with Gasteiger partial charge < -0.3 is 10.1 Å². The van der Waals surface area contributed by atoms with Crippen molar-refractivity contribution in [2.24, 2.45) is 4.99 Å². The maximum Gasteiger partial charge on any atom is 0.242 e. The highest BCUT2D eigenvalue weighted by atomic mass is 127. The largest absolute Gasteiger partial charge is 0.497 e. The van der Waals surface area contributed by atoms with Crippen molar-refractivity contribution >= 4 is 62.7 Å². The van der Waals surface area contributed by atoms with Crippen molar-refractivity contribution in [2.45, 2.75) is 11.7 Å². The summed E-state index contributed by atoms with van der Waals surface area (Å²) >= 11 is 3.50. The van der Waals surface area contributed by atoms with Gasteiger partial charge in [0.1, 0.15) is 11.0 Å². The van der Waals surface area contributed by atoms with Gasteiger partial charge >= 0.3 is 0 Å². The molecule has 6 nitrogen and oxygen atoms in total. The maximum absolute atomic E-state index is 12.5. The Morgan fingerprint density at radius 2 is 2.04 bits per heavy atom. The first-order chi connectivity index (χ1) is 13.0. The van der Waals surface area contributed by atoms with E-state index in [1.807, 2.05) is 42.5 Å². The van der Waals surface area contributed by atoms with Crippen LogP contribution in [0.3, 0.4) is 0 Å². The number of nitrogens with zero attached hydrogens (tertiary/aromatic N) is 2. The average molecular weight is 495 g/mol. The Kier molecular flexibility index (Phi) is 6.38. The molecule has 0 bridgehead atoms. The minimum Gasteiger partial charge on any atom is -0.497 e. The van der Waals surface area contributed by atoms with Crippen molar-refractivity contribution in [3.8, 4) is 5.75 Å². The molecule has 0 radical (unpaired) electrons. The zero-order valence-corrected chi connectivity index (χ0v) is 17.8. The first kappa shape index (κ1) is 19.7. The second-order valence-electron chi connectivity index (χ2n) is 5.86. The molecular weight excluding hydrogens is 477 g/mol. The average Bonchev–Trinajstić information content (AvgIpc) is 2.91. The SMILES string of the molecule is COc1cccc(N=C2SC(CC(=O)Nc3ccc(I)cc3)C(=O)N2C)c1. The lowest BCUT2D eigenvalue weighted by atomic mass is 10.2. The van der Waals surface area contributed by atoms with E-state index in [9.17, 15) is 9.59 Å². The van der Waals surface area contributed by atoms with Crippen LogP contribution in [0.15, 0.2) is 53.5 Å². The number of aliphatic imine (C=N–C) groups is 1. The van der Waals surface area contributed by atoms with E-state index >= 15 is 0 Å². The molecule has 27 heavy (non-hydrogen) atoms. The highest BCUT2D eigenvalue weighted by Crippen LogP contribution is 2.31. The van der Waals surface area contributed by atoms with E-state index in [2.05, 4.69) is 32.9 Å². The van der Waals surface area contributed by atoms with Gasteiger partial charge in [-0.15, -0.1) is 0 Å². The first-order valence-corrected chi connectivity index (χ1v) is 10.1. The Morgan fingerprint density at radius 1 is 1.30 bits per heavy atom. The smallest absolute Gasteiger partial charge is 0.242 e. The van der Waals surface area contributed by atoms with Gasteiger partial charge in [0.25, 0.3) is 0 Å². The summed E-state index contributed by atoms with van der Waals surface area (Å²) in [4.78, 5) is 30.8. The summed E-state index contributed by atoms with van der Waals surface area (Å²) in [7, 11) is 3.26. The number of methoxy groups -OCH3 is 1. The van der Waals surface area contributed by atoms with Crippen molar-refractivity contribution in [2.75, 3.05) is 19.5 Å². The summed E-state index contributed by atoms with van der Waals surface area (Å²) in [5.74, 6) is 0.375. The van der Waals surface area contributed by atoms with Gasteiger partial charge in [0.2, 0.25) is 11.8 Å². The predicted octanol–water partition coefficient (Wildman–Crippen LogP) is 3.89. The van der Waals surface area contributed by atoms with Gasteiger partial charge in [-0.3, -0.25) is 14.5 Å². The zero-order chi connectivity index (χ0) is 19.4. The molecule has 2 amide bonds. The minimum absolute atomic E-state index is 0.0942. The third-order valence-electron chi connectivity index (χ3n) is 3.92. The van der Waals surface area contributed by atoms with Gasteiger partial charge in [-0.2, -0.15) is 0 Å². The number of thioether (sulfide) groups is 1. The second kappa shape index (κ2) is 8.75. The van der Waals surface area contributed by atoms with Crippen LogP contribution >= 0.6 is 34.4 Å². The van der Waals surface area contributed by atoms with Crippen LogP contribution < -0.4 is 10.1 Å². The van der Waals surface area contributed by atoms with E-state index < -0.39 is 5.25 Å². The number of halogens is 1. The summed E-state index contributed by atoms with van der Waals surface area (Å²) in [5, 5.41) is 2.91. The van der Waals surface area contributed by atoms with Gasteiger partial charge in [-0.1, -0.05) is 17.8 Å². The number of hydrogen-bond donors (Lipinski definition) is 1. The molecule has 1 fully saturated rings. The molecule has 1 saturated heterocycles. The lowest BCUT2D eigenvalue weighted by Crippen LogP contribution is -2.30. The van der Waals surface area contributed by atoms with Gasteiger partial charge in [-0.05, 0) is 59.0 Å². The molecule has 0 aliphatic carbocycles. The molecule has 2 aromatic rings. The zero-order valence-electron chi connectivity index (χ0n) is 14.8. The Labute approximate surface area is 175 Å². The van der Waals surface area contributed by atoms with Crippen molar-refractivity contribution in [3.05, 3.63) is 52.1 Å². The van der Waals surface area contributed by atoms with Crippen LogP contribution in [-0.2, 0) is 9.59 Å². The Balaban J connectivity index is 1.67. The number of benzene rings is 2. The monoisotopic (exact) mass is 495 g/mol. The van der Waals surface area contributed by atoms with E-state index in [-0.39, 0.29) is 18.2 Å². The number of amides is 2. The van der Waals surface area contributed by atoms with Crippen LogP contribution in [0.4, 0.5) is 11.4 Å². The number of carbonyl (C=O) groups is 2. The van der Waals surface area contributed by atoms with Crippen molar-refractivity contribution in [1.82, 2.24) is 4.90 Å². The van der Waals surface area contributed by atoms with Crippen molar-refractivity contribution in [3.63, 3.8) is 0 Å².